The number of nitrogens with zero attached hydrogens (tertiary/aromatic N) is 1. The Morgan fingerprint density at radius 3 is 2.48 bits per heavy atom. The summed E-state index contributed by atoms with van der Waals surface area (Å²) in [5.74, 6) is -3.11. The molecule has 27 heavy (non-hydrogen) atoms. The Bertz CT molecular complexity index is 872. The van der Waals surface area contributed by atoms with Crippen LogP contribution in [-0.4, -0.2) is 31.7 Å². The number of rotatable bonds is 5. The molecule has 0 aliphatic heterocycles. The van der Waals surface area contributed by atoms with Gasteiger partial charge in [-0.3, -0.25) is 0 Å². The molecule has 0 bridgehead atoms. The predicted octanol–water partition coefficient (Wildman–Crippen LogP) is 4.79. The van der Waals surface area contributed by atoms with Crippen LogP contribution < -0.4 is 10.1 Å². The third-order valence-electron chi connectivity index (χ3n) is 3.59. The molecule has 1 aromatic heterocycles. The molecule has 0 saturated heterocycles. The van der Waals surface area contributed by atoms with Crippen LogP contribution in [0.25, 0.3) is 11.3 Å². The molecule has 1 N–H and O–H groups in total. The van der Waals surface area contributed by atoms with Crippen molar-refractivity contribution in [1.82, 2.24) is 4.98 Å². The van der Waals surface area contributed by atoms with Crippen LogP contribution in [0.5, 0.6) is 5.75 Å². The average molecular weight is 407 g/mol. The number of nitrogens with one attached hydrogen (secondary N) is 1. The van der Waals surface area contributed by atoms with E-state index < -0.39 is 29.3 Å². The molecule has 5 nitrogen and oxygen atoms in total. The Morgan fingerprint density at radius 1 is 1.30 bits per heavy atom. The molecule has 0 fully saturated rings. The molecular weight excluding hydrogens is 392 g/mol. The molecule has 0 aliphatic carbocycles. The lowest BCUT2D eigenvalue weighted by atomic mass is 10.0. The number of anilines is 1. The van der Waals surface area contributed by atoms with Crippen LogP contribution in [0.4, 0.5) is 23.2 Å². The van der Waals surface area contributed by atoms with E-state index in [1.54, 1.807) is 6.92 Å². The van der Waals surface area contributed by atoms with Gasteiger partial charge in [0.25, 0.3) is 0 Å². The number of hydrogen-bond acceptors (Lipinski definition) is 5. The van der Waals surface area contributed by atoms with Crippen molar-refractivity contribution >= 4 is 23.3 Å². The van der Waals surface area contributed by atoms with Crippen molar-refractivity contribution in [2.24, 2.45) is 0 Å². The average Bonchev–Trinajstić information content (AvgIpc) is 2.62. The monoisotopic (exact) mass is 406 g/mol. The van der Waals surface area contributed by atoms with Crippen molar-refractivity contribution in [3.8, 4) is 17.0 Å². The Labute approximate surface area is 157 Å². The minimum absolute atomic E-state index is 0.0493. The molecule has 2 aromatic rings. The van der Waals surface area contributed by atoms with Gasteiger partial charge in [-0.25, -0.2) is 14.2 Å². The van der Waals surface area contributed by atoms with E-state index in [2.05, 4.69) is 19.8 Å². The van der Waals surface area contributed by atoms with E-state index in [9.17, 15) is 22.4 Å². The number of alkyl halides is 3. The van der Waals surface area contributed by atoms with Crippen LogP contribution in [0, 0.1) is 5.82 Å². The summed E-state index contributed by atoms with van der Waals surface area (Å²) in [6.45, 7) is 2.18. The lowest BCUT2D eigenvalue weighted by Gasteiger charge is -2.16. The highest BCUT2D eigenvalue weighted by atomic mass is 35.5. The maximum absolute atomic E-state index is 14.7. The zero-order valence-corrected chi connectivity index (χ0v) is 15.3. The molecule has 0 atom stereocenters. The lowest BCUT2D eigenvalue weighted by molar-refractivity contribution is -0.139. The van der Waals surface area contributed by atoms with Crippen LogP contribution >= 0.6 is 11.6 Å². The van der Waals surface area contributed by atoms with Gasteiger partial charge in [-0.1, -0.05) is 11.6 Å². The molecule has 146 valence electrons. The van der Waals surface area contributed by atoms with E-state index in [1.807, 2.05) is 0 Å². The molecule has 1 heterocycles. The van der Waals surface area contributed by atoms with Crippen molar-refractivity contribution in [3.63, 3.8) is 0 Å². The molecule has 1 aromatic carbocycles. The minimum Gasteiger partial charge on any atom is -0.493 e. The first-order valence-corrected chi connectivity index (χ1v) is 8.00. The Kier molecular flexibility index (Phi) is 6.15. The number of esters is 1. The summed E-state index contributed by atoms with van der Waals surface area (Å²) in [6, 6.07) is 2.91. The topological polar surface area (TPSA) is 60.5 Å². The maximum Gasteiger partial charge on any atom is 0.420 e. The highest BCUT2D eigenvalue weighted by Crippen LogP contribution is 2.41. The highest BCUT2D eigenvalue weighted by Gasteiger charge is 2.36. The van der Waals surface area contributed by atoms with Crippen LogP contribution in [0.3, 0.4) is 0 Å². The zero-order chi connectivity index (χ0) is 20.4. The number of benzene rings is 1. The zero-order valence-electron chi connectivity index (χ0n) is 14.5. The van der Waals surface area contributed by atoms with Crippen molar-refractivity contribution in [2.75, 3.05) is 26.1 Å². The molecule has 0 spiro atoms. The van der Waals surface area contributed by atoms with Gasteiger partial charge in [0.15, 0.2) is 17.3 Å². The van der Waals surface area contributed by atoms with Gasteiger partial charge in [0, 0.05) is 12.1 Å². The van der Waals surface area contributed by atoms with Gasteiger partial charge in [0.05, 0.1) is 30.6 Å². The number of pyridine rings is 1. The third-order valence-corrected chi connectivity index (χ3v) is 3.97. The van der Waals surface area contributed by atoms with Gasteiger partial charge in [-0.05, 0) is 25.1 Å². The molecule has 0 amide bonds. The first-order chi connectivity index (χ1) is 12.6. The first kappa shape index (κ1) is 20.8. The van der Waals surface area contributed by atoms with E-state index in [0.29, 0.717) is 12.6 Å². The van der Waals surface area contributed by atoms with Crippen molar-refractivity contribution in [2.45, 2.75) is 13.1 Å². The van der Waals surface area contributed by atoms with Gasteiger partial charge < -0.3 is 14.8 Å². The summed E-state index contributed by atoms with van der Waals surface area (Å²) in [7, 11) is 2.04. The quantitative estimate of drug-likeness (QED) is 0.571. The van der Waals surface area contributed by atoms with Gasteiger partial charge in [0.1, 0.15) is 5.56 Å². The molecule has 0 saturated carbocycles. The summed E-state index contributed by atoms with van der Waals surface area (Å²) in [4.78, 5) is 15.9. The largest absolute Gasteiger partial charge is 0.493 e. The third kappa shape index (κ3) is 4.08. The molecule has 0 unspecified atom stereocenters. The van der Waals surface area contributed by atoms with E-state index in [0.717, 1.165) is 20.3 Å². The van der Waals surface area contributed by atoms with Crippen molar-refractivity contribution in [3.05, 3.63) is 40.3 Å². The van der Waals surface area contributed by atoms with Crippen molar-refractivity contribution in [1.29, 1.82) is 0 Å². The molecule has 2 rings (SSSR count). The fourth-order valence-electron chi connectivity index (χ4n) is 2.40. The fourth-order valence-corrected chi connectivity index (χ4v) is 2.64. The summed E-state index contributed by atoms with van der Waals surface area (Å²) >= 11 is 6.11. The maximum atomic E-state index is 14.7. The second kappa shape index (κ2) is 7.99. The first-order valence-electron chi connectivity index (χ1n) is 7.62. The predicted molar refractivity (Wildman–Crippen MR) is 91.7 cm³/mol. The number of carbonyl (C=O) groups is 1. The Morgan fingerprint density at radius 2 is 1.96 bits per heavy atom. The summed E-state index contributed by atoms with van der Waals surface area (Å²) < 4.78 is 63.1. The standard InChI is InChI=1S/C17H15ClF4N2O3/c1-4-23-11-7-10(24-14(12(11)18)16(25)27-3)8-5-6-9(17(20,21)22)15(26-2)13(8)19/h5-7H,4H2,1-3H3,(H,23,24). The number of methoxy groups -OCH3 is 2. The van der Waals surface area contributed by atoms with Gasteiger partial charge in [-0.2, -0.15) is 13.2 Å². The molecule has 0 radical (unpaired) electrons. The highest BCUT2D eigenvalue weighted by molar-refractivity contribution is 6.36. The van der Waals surface area contributed by atoms with Gasteiger partial charge in [0.2, 0.25) is 0 Å². The van der Waals surface area contributed by atoms with E-state index in [4.69, 9.17) is 11.6 Å². The number of ether oxygens (including phenoxy) is 2. The summed E-state index contributed by atoms with van der Waals surface area (Å²) in [5.41, 5.74) is -1.71. The van der Waals surface area contributed by atoms with Crippen molar-refractivity contribution < 1.29 is 31.8 Å². The van der Waals surface area contributed by atoms with Gasteiger partial charge in [-0.15, -0.1) is 0 Å². The second-order valence-electron chi connectivity index (χ2n) is 5.25. The number of aromatic nitrogens is 1. The second-order valence-corrected chi connectivity index (χ2v) is 5.62. The SMILES string of the molecule is CCNc1cc(-c2ccc(C(F)(F)F)c(OC)c2F)nc(C(=O)OC)c1Cl. The smallest absolute Gasteiger partial charge is 0.420 e. The molecule has 10 heteroatoms. The Hall–Kier alpha value is -2.55. The Balaban J connectivity index is 2.74. The number of halogens is 5. The van der Waals surface area contributed by atoms with E-state index in [-0.39, 0.29) is 27.7 Å². The summed E-state index contributed by atoms with van der Waals surface area (Å²) in [5, 5.41) is 2.83. The summed E-state index contributed by atoms with van der Waals surface area (Å²) in [6.07, 6.45) is -4.80. The van der Waals surface area contributed by atoms with Crippen LogP contribution in [0.1, 0.15) is 23.0 Å². The minimum atomic E-state index is -4.80. The fraction of sp³-hybridized carbons (Fsp3) is 0.294. The normalized spacial score (nSPS) is 11.3. The van der Waals surface area contributed by atoms with E-state index >= 15 is 0 Å². The van der Waals surface area contributed by atoms with Crippen LogP contribution in [0.15, 0.2) is 18.2 Å². The molecule has 0 aliphatic rings. The van der Waals surface area contributed by atoms with Crippen LogP contribution in [-0.2, 0) is 10.9 Å². The number of carbonyl (C=O) groups excluding carboxylic acids is 1. The van der Waals surface area contributed by atoms with Gasteiger partial charge >= 0.3 is 12.1 Å². The number of hydrogen-bond donors (Lipinski definition) is 1. The van der Waals surface area contributed by atoms with Crippen LogP contribution in [0.2, 0.25) is 5.02 Å². The lowest BCUT2D eigenvalue weighted by Crippen LogP contribution is -2.11. The van der Waals surface area contributed by atoms with E-state index in [1.165, 1.54) is 6.07 Å². The molecular formula is C17H15ClF4N2O3.